The van der Waals surface area contributed by atoms with E-state index in [0.717, 1.165) is 42.9 Å². The molecule has 6 heteroatoms. The molecule has 122 valence electrons. The molecule has 0 saturated carbocycles. The van der Waals surface area contributed by atoms with Crippen molar-refractivity contribution in [2.24, 2.45) is 0 Å². The van der Waals surface area contributed by atoms with Gasteiger partial charge in [-0.2, -0.15) is 0 Å². The second-order valence-electron chi connectivity index (χ2n) is 5.84. The van der Waals surface area contributed by atoms with Crippen LogP contribution < -0.4 is 5.32 Å². The Morgan fingerprint density at radius 2 is 2.13 bits per heavy atom. The molecule has 1 aliphatic heterocycles. The zero-order valence-corrected chi connectivity index (χ0v) is 13.7. The Morgan fingerprint density at radius 3 is 2.91 bits per heavy atom. The molecule has 0 spiro atoms. The lowest BCUT2D eigenvalue weighted by atomic mass is 10.1. The summed E-state index contributed by atoms with van der Waals surface area (Å²) >= 11 is 0. The minimum Gasteiger partial charge on any atom is -0.322 e. The van der Waals surface area contributed by atoms with Gasteiger partial charge in [-0.15, -0.1) is 10.2 Å². The van der Waals surface area contributed by atoms with Crippen LogP contribution in [0.5, 0.6) is 0 Å². The molecule has 6 nitrogen and oxygen atoms in total. The highest BCUT2D eigenvalue weighted by Crippen LogP contribution is 2.24. The van der Waals surface area contributed by atoms with Gasteiger partial charge in [0.05, 0.1) is 6.04 Å². The number of hydrogen-bond donors (Lipinski definition) is 1. The van der Waals surface area contributed by atoms with Gasteiger partial charge in [-0.25, -0.2) is 4.79 Å². The summed E-state index contributed by atoms with van der Waals surface area (Å²) in [5.74, 6) is 0.980. The fourth-order valence-electron chi connectivity index (χ4n) is 3.12. The number of amides is 2. The lowest BCUT2D eigenvalue weighted by Gasteiger charge is -2.19. The summed E-state index contributed by atoms with van der Waals surface area (Å²) in [7, 11) is 0. The van der Waals surface area contributed by atoms with Gasteiger partial charge in [0.25, 0.3) is 0 Å². The lowest BCUT2D eigenvalue weighted by molar-refractivity contribution is 0.220. The Kier molecular flexibility index (Phi) is 4.60. The highest BCUT2D eigenvalue weighted by Gasteiger charge is 2.28. The van der Waals surface area contributed by atoms with Crippen molar-refractivity contribution in [2.45, 2.75) is 39.2 Å². The second kappa shape index (κ2) is 6.81. The number of carbonyl (C=O) groups excluding carboxylic acids is 1. The van der Waals surface area contributed by atoms with E-state index in [0.29, 0.717) is 6.54 Å². The number of nitrogens with zero attached hydrogens (tertiary/aromatic N) is 4. The zero-order chi connectivity index (χ0) is 16.2. The first-order valence-corrected chi connectivity index (χ1v) is 8.25. The van der Waals surface area contributed by atoms with Gasteiger partial charge < -0.3 is 14.8 Å². The van der Waals surface area contributed by atoms with E-state index in [1.165, 1.54) is 0 Å². The van der Waals surface area contributed by atoms with E-state index in [-0.39, 0.29) is 12.1 Å². The summed E-state index contributed by atoms with van der Waals surface area (Å²) in [6.07, 6.45) is 4.47. The Morgan fingerprint density at radius 1 is 1.30 bits per heavy atom. The van der Waals surface area contributed by atoms with Gasteiger partial charge in [-0.05, 0) is 24.5 Å². The van der Waals surface area contributed by atoms with Crippen molar-refractivity contribution < 1.29 is 4.79 Å². The molecule has 2 aromatic rings. The van der Waals surface area contributed by atoms with Crippen molar-refractivity contribution in [1.29, 1.82) is 0 Å². The quantitative estimate of drug-likeness (QED) is 0.944. The molecule has 0 aliphatic carbocycles. The third kappa shape index (κ3) is 3.21. The Labute approximate surface area is 136 Å². The number of urea groups is 1. The first-order chi connectivity index (χ1) is 11.2. The fraction of sp³-hybridized carbons (Fsp3) is 0.471. The van der Waals surface area contributed by atoms with Gasteiger partial charge >= 0.3 is 6.03 Å². The molecule has 1 aromatic heterocycles. The summed E-state index contributed by atoms with van der Waals surface area (Å²) in [6, 6.07) is 8.20. The predicted octanol–water partition coefficient (Wildman–Crippen LogP) is 2.88. The van der Waals surface area contributed by atoms with Crippen LogP contribution in [0.4, 0.5) is 10.5 Å². The van der Waals surface area contributed by atoms with Crippen LogP contribution in [0.3, 0.4) is 0 Å². The lowest BCUT2D eigenvalue weighted by Crippen LogP contribution is -2.33. The van der Waals surface area contributed by atoms with Gasteiger partial charge in [0.1, 0.15) is 12.2 Å². The number of nitrogens with one attached hydrogen (secondary N) is 1. The molecule has 1 atom stereocenters. The van der Waals surface area contributed by atoms with Crippen LogP contribution in [0.15, 0.2) is 30.6 Å². The molecule has 1 saturated heterocycles. The zero-order valence-electron chi connectivity index (χ0n) is 13.7. The molecule has 1 fully saturated rings. The van der Waals surface area contributed by atoms with Gasteiger partial charge in [0.2, 0.25) is 0 Å². The third-order valence-corrected chi connectivity index (χ3v) is 4.45. The molecule has 23 heavy (non-hydrogen) atoms. The maximum Gasteiger partial charge on any atom is 0.321 e. The van der Waals surface area contributed by atoms with Crippen LogP contribution in [0.25, 0.3) is 0 Å². The number of benzene rings is 1. The third-order valence-electron chi connectivity index (χ3n) is 4.45. The average molecular weight is 313 g/mol. The largest absolute Gasteiger partial charge is 0.322 e. The van der Waals surface area contributed by atoms with E-state index in [2.05, 4.69) is 33.9 Å². The fourth-order valence-corrected chi connectivity index (χ4v) is 3.12. The van der Waals surface area contributed by atoms with Crippen molar-refractivity contribution in [3.63, 3.8) is 0 Å². The maximum atomic E-state index is 12.5. The smallest absolute Gasteiger partial charge is 0.321 e. The van der Waals surface area contributed by atoms with Crippen LogP contribution in [0.1, 0.15) is 37.7 Å². The maximum absolute atomic E-state index is 12.5. The van der Waals surface area contributed by atoms with E-state index in [1.807, 2.05) is 29.2 Å². The number of hydrogen-bond acceptors (Lipinski definition) is 3. The van der Waals surface area contributed by atoms with Crippen LogP contribution in [0, 0.1) is 0 Å². The SMILES string of the molecule is CCc1ccccc1NC(=O)N1CCC(n2cnnc2CC)C1. The number of anilines is 1. The summed E-state index contributed by atoms with van der Waals surface area (Å²) in [5.41, 5.74) is 2.06. The Balaban J connectivity index is 1.66. The molecule has 2 amide bonds. The van der Waals surface area contributed by atoms with E-state index >= 15 is 0 Å². The molecular formula is C17H23N5O. The number of likely N-dealkylation sites (tertiary alicyclic amines) is 1. The van der Waals surface area contributed by atoms with Crippen molar-refractivity contribution >= 4 is 11.7 Å². The highest BCUT2D eigenvalue weighted by atomic mass is 16.2. The van der Waals surface area contributed by atoms with Crippen molar-refractivity contribution in [3.8, 4) is 0 Å². The molecule has 0 bridgehead atoms. The minimum absolute atomic E-state index is 0.0282. The molecule has 1 aromatic carbocycles. The van der Waals surface area contributed by atoms with Crippen LogP contribution in [-0.4, -0.2) is 38.8 Å². The molecule has 1 N–H and O–H groups in total. The summed E-state index contributed by atoms with van der Waals surface area (Å²) in [4.78, 5) is 14.4. The highest BCUT2D eigenvalue weighted by molar-refractivity contribution is 5.90. The first kappa shape index (κ1) is 15.5. The summed E-state index contributed by atoms with van der Waals surface area (Å²) < 4.78 is 2.10. The van der Waals surface area contributed by atoms with Crippen LogP contribution >= 0.6 is 0 Å². The standard InChI is InChI=1S/C17H23N5O/c1-3-13-7-5-6-8-15(13)19-17(23)21-10-9-14(11-21)22-12-18-20-16(22)4-2/h5-8,12,14H,3-4,9-11H2,1-2H3,(H,19,23). The number of carbonyl (C=O) groups is 1. The monoisotopic (exact) mass is 313 g/mol. The summed E-state index contributed by atoms with van der Waals surface area (Å²) in [5, 5.41) is 11.2. The molecule has 2 heterocycles. The van der Waals surface area contributed by atoms with E-state index in [9.17, 15) is 4.79 Å². The molecule has 1 unspecified atom stereocenters. The molecule has 0 radical (unpaired) electrons. The molecular weight excluding hydrogens is 290 g/mol. The van der Waals surface area contributed by atoms with Gasteiger partial charge in [0, 0.05) is 25.2 Å². The topological polar surface area (TPSA) is 63.1 Å². The number of rotatable bonds is 4. The van der Waals surface area contributed by atoms with Gasteiger partial charge in [0.15, 0.2) is 0 Å². The van der Waals surface area contributed by atoms with E-state index in [1.54, 1.807) is 6.33 Å². The number of para-hydroxylation sites is 1. The van der Waals surface area contributed by atoms with Crippen molar-refractivity contribution in [3.05, 3.63) is 42.0 Å². The first-order valence-electron chi connectivity index (χ1n) is 8.25. The van der Waals surface area contributed by atoms with Crippen LogP contribution in [-0.2, 0) is 12.8 Å². The molecule has 1 aliphatic rings. The average Bonchev–Trinajstić information content (AvgIpc) is 3.23. The second-order valence-corrected chi connectivity index (χ2v) is 5.84. The Bertz CT molecular complexity index is 681. The van der Waals surface area contributed by atoms with Crippen molar-refractivity contribution in [2.75, 3.05) is 18.4 Å². The van der Waals surface area contributed by atoms with Crippen LogP contribution in [0.2, 0.25) is 0 Å². The number of aromatic nitrogens is 3. The predicted molar refractivity (Wildman–Crippen MR) is 89.5 cm³/mol. The van der Waals surface area contributed by atoms with Gasteiger partial charge in [-0.1, -0.05) is 32.0 Å². The summed E-state index contributed by atoms with van der Waals surface area (Å²) in [6.45, 7) is 5.62. The van der Waals surface area contributed by atoms with Gasteiger partial charge in [-0.3, -0.25) is 0 Å². The molecule has 3 rings (SSSR count). The Hall–Kier alpha value is -2.37. The van der Waals surface area contributed by atoms with E-state index in [4.69, 9.17) is 0 Å². The van der Waals surface area contributed by atoms with Crippen molar-refractivity contribution in [1.82, 2.24) is 19.7 Å². The minimum atomic E-state index is -0.0282. The normalized spacial score (nSPS) is 17.5. The van der Waals surface area contributed by atoms with E-state index < -0.39 is 0 Å². The number of aryl methyl sites for hydroxylation is 2.